The van der Waals surface area contributed by atoms with E-state index in [9.17, 15) is 14.3 Å². The van der Waals surface area contributed by atoms with Crippen molar-refractivity contribution in [1.82, 2.24) is 5.32 Å². The van der Waals surface area contributed by atoms with E-state index in [0.717, 1.165) is 12.1 Å². The third-order valence-electron chi connectivity index (χ3n) is 2.42. The molecule has 0 spiro atoms. The van der Waals surface area contributed by atoms with Gasteiger partial charge in [0.25, 0.3) is 5.91 Å². The summed E-state index contributed by atoms with van der Waals surface area (Å²) >= 11 is 0. The fourth-order valence-corrected chi connectivity index (χ4v) is 1.28. The number of hydrogen-bond acceptors (Lipinski definition) is 3. The highest BCUT2D eigenvalue weighted by Crippen LogP contribution is 2.10. The quantitative estimate of drug-likeness (QED) is 0.691. The van der Waals surface area contributed by atoms with Crippen LogP contribution in [0.15, 0.2) is 18.2 Å². The summed E-state index contributed by atoms with van der Waals surface area (Å²) in [5, 5.41) is 12.0. The molecule has 0 heterocycles. The second-order valence-electron chi connectivity index (χ2n) is 4.29. The number of anilines is 1. The molecule has 0 aliphatic rings. The number of aliphatic hydroxyl groups is 1. The van der Waals surface area contributed by atoms with Gasteiger partial charge in [-0.25, -0.2) is 4.39 Å². The molecule has 5 heteroatoms. The first kappa shape index (κ1) is 13.4. The van der Waals surface area contributed by atoms with Crippen LogP contribution in [0.2, 0.25) is 0 Å². The SMILES string of the molecule is CC(C)C(O)CNC(=O)c1cc(N)cc(F)c1. The zero-order valence-corrected chi connectivity index (χ0v) is 9.90. The number of benzene rings is 1. The number of hydrogen-bond donors (Lipinski definition) is 3. The Kier molecular flexibility index (Phi) is 4.45. The number of carbonyl (C=O) groups excluding carboxylic acids is 1. The van der Waals surface area contributed by atoms with Gasteiger partial charge in [-0.15, -0.1) is 0 Å². The van der Waals surface area contributed by atoms with Gasteiger partial charge in [-0.05, 0) is 24.1 Å². The smallest absolute Gasteiger partial charge is 0.251 e. The van der Waals surface area contributed by atoms with Gasteiger partial charge in [0.2, 0.25) is 0 Å². The van der Waals surface area contributed by atoms with Crippen molar-refractivity contribution >= 4 is 11.6 Å². The highest BCUT2D eigenvalue weighted by Gasteiger charge is 2.12. The Morgan fingerprint density at radius 2 is 2.12 bits per heavy atom. The largest absolute Gasteiger partial charge is 0.399 e. The maximum atomic E-state index is 13.0. The number of amides is 1. The van der Waals surface area contributed by atoms with Crippen molar-refractivity contribution in [3.63, 3.8) is 0 Å². The van der Waals surface area contributed by atoms with Crippen molar-refractivity contribution in [2.24, 2.45) is 5.92 Å². The molecule has 0 saturated heterocycles. The molecule has 94 valence electrons. The maximum absolute atomic E-state index is 13.0. The van der Waals surface area contributed by atoms with Crippen LogP contribution in [-0.2, 0) is 0 Å². The molecule has 1 rings (SSSR count). The average Bonchev–Trinajstić information content (AvgIpc) is 2.23. The molecule has 1 atom stereocenters. The Hall–Kier alpha value is -1.62. The van der Waals surface area contributed by atoms with E-state index >= 15 is 0 Å². The van der Waals surface area contributed by atoms with Crippen LogP contribution in [-0.4, -0.2) is 23.7 Å². The molecular formula is C12H17FN2O2. The predicted molar refractivity (Wildman–Crippen MR) is 64.0 cm³/mol. The monoisotopic (exact) mass is 240 g/mol. The van der Waals surface area contributed by atoms with E-state index in [-0.39, 0.29) is 23.7 Å². The van der Waals surface area contributed by atoms with E-state index in [1.54, 1.807) is 0 Å². The normalized spacial score (nSPS) is 12.5. The third-order valence-corrected chi connectivity index (χ3v) is 2.42. The highest BCUT2D eigenvalue weighted by molar-refractivity contribution is 5.95. The van der Waals surface area contributed by atoms with Crippen LogP contribution in [0.1, 0.15) is 24.2 Å². The second kappa shape index (κ2) is 5.63. The van der Waals surface area contributed by atoms with E-state index in [4.69, 9.17) is 5.73 Å². The molecular weight excluding hydrogens is 223 g/mol. The van der Waals surface area contributed by atoms with Gasteiger partial charge in [0.1, 0.15) is 5.82 Å². The number of halogens is 1. The Bertz CT molecular complexity index is 387. The molecule has 4 N–H and O–H groups in total. The Balaban J connectivity index is 2.64. The zero-order valence-electron chi connectivity index (χ0n) is 9.90. The number of nitrogens with one attached hydrogen (secondary N) is 1. The van der Waals surface area contributed by atoms with Crippen LogP contribution in [0, 0.1) is 11.7 Å². The first-order chi connectivity index (χ1) is 7.90. The molecule has 0 fully saturated rings. The summed E-state index contributed by atoms with van der Waals surface area (Å²) in [5.74, 6) is -0.955. The summed E-state index contributed by atoms with van der Waals surface area (Å²) in [6.45, 7) is 3.82. The highest BCUT2D eigenvalue weighted by atomic mass is 19.1. The molecule has 1 amide bonds. The van der Waals surface area contributed by atoms with Crippen molar-refractivity contribution in [2.75, 3.05) is 12.3 Å². The van der Waals surface area contributed by atoms with Crippen molar-refractivity contribution in [3.8, 4) is 0 Å². The maximum Gasteiger partial charge on any atom is 0.251 e. The summed E-state index contributed by atoms with van der Waals surface area (Å²) in [4.78, 5) is 11.6. The molecule has 0 aliphatic heterocycles. The molecule has 17 heavy (non-hydrogen) atoms. The van der Waals surface area contributed by atoms with Gasteiger partial charge in [0, 0.05) is 17.8 Å². The Morgan fingerprint density at radius 3 is 2.65 bits per heavy atom. The minimum Gasteiger partial charge on any atom is -0.399 e. The van der Waals surface area contributed by atoms with Crippen LogP contribution in [0.5, 0.6) is 0 Å². The lowest BCUT2D eigenvalue weighted by Gasteiger charge is -2.15. The average molecular weight is 240 g/mol. The van der Waals surface area contributed by atoms with Crippen molar-refractivity contribution in [2.45, 2.75) is 20.0 Å². The lowest BCUT2D eigenvalue weighted by atomic mass is 10.1. The Morgan fingerprint density at radius 1 is 1.47 bits per heavy atom. The van der Waals surface area contributed by atoms with Crippen LogP contribution in [0.3, 0.4) is 0 Å². The van der Waals surface area contributed by atoms with Crippen molar-refractivity contribution in [1.29, 1.82) is 0 Å². The summed E-state index contributed by atoms with van der Waals surface area (Å²) in [5.41, 5.74) is 5.78. The molecule has 1 aromatic rings. The van der Waals surface area contributed by atoms with Gasteiger partial charge < -0.3 is 16.2 Å². The molecule has 4 nitrogen and oxygen atoms in total. The topological polar surface area (TPSA) is 75.3 Å². The zero-order chi connectivity index (χ0) is 13.0. The van der Waals surface area contributed by atoms with Crippen LogP contribution >= 0.6 is 0 Å². The summed E-state index contributed by atoms with van der Waals surface area (Å²) in [6, 6.07) is 3.63. The number of rotatable bonds is 4. The first-order valence-electron chi connectivity index (χ1n) is 5.42. The minimum absolute atomic E-state index is 0.0490. The van der Waals surface area contributed by atoms with E-state index < -0.39 is 17.8 Å². The van der Waals surface area contributed by atoms with Crippen LogP contribution in [0.4, 0.5) is 10.1 Å². The van der Waals surface area contributed by atoms with E-state index in [1.807, 2.05) is 13.8 Å². The second-order valence-corrected chi connectivity index (χ2v) is 4.29. The molecule has 0 aromatic heterocycles. The van der Waals surface area contributed by atoms with E-state index in [0.29, 0.717) is 0 Å². The summed E-state index contributed by atoms with van der Waals surface area (Å²) < 4.78 is 13.0. The Labute approximate surface area is 99.6 Å². The van der Waals surface area contributed by atoms with Crippen LogP contribution < -0.4 is 11.1 Å². The van der Waals surface area contributed by atoms with Gasteiger partial charge in [0.15, 0.2) is 0 Å². The third kappa shape index (κ3) is 4.03. The number of nitrogen functional groups attached to an aromatic ring is 1. The fourth-order valence-electron chi connectivity index (χ4n) is 1.28. The summed E-state index contributed by atoms with van der Waals surface area (Å²) in [7, 11) is 0. The molecule has 0 radical (unpaired) electrons. The molecule has 0 saturated carbocycles. The molecule has 0 aliphatic carbocycles. The lowest BCUT2D eigenvalue weighted by molar-refractivity contribution is 0.0871. The van der Waals surface area contributed by atoms with Crippen molar-refractivity contribution < 1.29 is 14.3 Å². The summed E-state index contributed by atoms with van der Waals surface area (Å²) in [6.07, 6.45) is -0.621. The van der Waals surface area contributed by atoms with Gasteiger partial charge in [0.05, 0.1) is 6.10 Å². The van der Waals surface area contributed by atoms with Crippen LogP contribution in [0.25, 0.3) is 0 Å². The van der Waals surface area contributed by atoms with Gasteiger partial charge in [-0.2, -0.15) is 0 Å². The first-order valence-corrected chi connectivity index (χ1v) is 5.42. The number of nitrogens with two attached hydrogens (primary N) is 1. The fraction of sp³-hybridized carbons (Fsp3) is 0.417. The molecule has 1 aromatic carbocycles. The number of aliphatic hydroxyl groups excluding tert-OH is 1. The predicted octanol–water partition coefficient (Wildman–Crippen LogP) is 1.15. The van der Waals surface area contributed by atoms with Gasteiger partial charge >= 0.3 is 0 Å². The molecule has 0 bridgehead atoms. The van der Waals surface area contributed by atoms with E-state index in [1.165, 1.54) is 6.07 Å². The molecule has 1 unspecified atom stereocenters. The minimum atomic E-state index is -0.621. The van der Waals surface area contributed by atoms with Gasteiger partial charge in [-0.3, -0.25) is 4.79 Å². The van der Waals surface area contributed by atoms with Gasteiger partial charge in [-0.1, -0.05) is 13.8 Å². The van der Waals surface area contributed by atoms with Crippen molar-refractivity contribution in [3.05, 3.63) is 29.6 Å². The number of carbonyl (C=O) groups is 1. The standard InChI is InChI=1S/C12H17FN2O2/c1-7(2)11(16)6-15-12(17)8-3-9(13)5-10(14)4-8/h3-5,7,11,16H,6,14H2,1-2H3,(H,15,17). The van der Waals surface area contributed by atoms with E-state index in [2.05, 4.69) is 5.32 Å². The lowest BCUT2D eigenvalue weighted by Crippen LogP contribution is -2.34.